The summed E-state index contributed by atoms with van der Waals surface area (Å²) in [4.78, 5) is 5.27. The molecule has 0 radical (unpaired) electrons. The van der Waals surface area contributed by atoms with Gasteiger partial charge < -0.3 is 9.88 Å². The molecule has 5 heteroatoms. The molecule has 2 aromatic rings. The van der Waals surface area contributed by atoms with E-state index in [0.717, 1.165) is 42.2 Å². The van der Waals surface area contributed by atoms with Gasteiger partial charge in [0.05, 0.1) is 5.56 Å². The molecule has 0 bridgehead atoms. The van der Waals surface area contributed by atoms with Crippen molar-refractivity contribution >= 4 is 10.9 Å². The first-order chi connectivity index (χ1) is 8.45. The van der Waals surface area contributed by atoms with Gasteiger partial charge in [0.15, 0.2) is 0 Å². The van der Waals surface area contributed by atoms with Crippen LogP contribution in [-0.2, 0) is 19.1 Å². The summed E-state index contributed by atoms with van der Waals surface area (Å²) in [7, 11) is 2.01. The van der Waals surface area contributed by atoms with Crippen LogP contribution in [0.4, 0.5) is 13.2 Å². The van der Waals surface area contributed by atoms with Gasteiger partial charge in [0.25, 0.3) is 0 Å². The monoisotopic (exact) mass is 254 g/mol. The van der Waals surface area contributed by atoms with Gasteiger partial charge in [-0.25, -0.2) is 0 Å². The fourth-order valence-corrected chi connectivity index (χ4v) is 2.56. The molecule has 1 aromatic carbocycles. The quantitative estimate of drug-likeness (QED) is 0.765. The van der Waals surface area contributed by atoms with E-state index < -0.39 is 11.7 Å². The second-order valence-corrected chi connectivity index (χ2v) is 4.83. The molecular formula is C13H13F3N2. The number of halogens is 3. The molecule has 0 atom stereocenters. The Kier molecular flexibility index (Phi) is 2.41. The maximum Gasteiger partial charge on any atom is 0.416 e. The average Bonchev–Trinajstić information content (AvgIpc) is 2.63. The number of aromatic amines is 1. The summed E-state index contributed by atoms with van der Waals surface area (Å²) in [6, 6.07) is 3.95. The summed E-state index contributed by atoms with van der Waals surface area (Å²) >= 11 is 0. The fourth-order valence-electron chi connectivity index (χ4n) is 2.56. The second-order valence-electron chi connectivity index (χ2n) is 4.83. The lowest BCUT2D eigenvalue weighted by Gasteiger charge is -2.22. The van der Waals surface area contributed by atoms with Gasteiger partial charge in [0.2, 0.25) is 0 Å². The van der Waals surface area contributed by atoms with Crippen LogP contribution in [-0.4, -0.2) is 23.5 Å². The van der Waals surface area contributed by atoms with E-state index in [9.17, 15) is 13.2 Å². The normalized spacial score (nSPS) is 17.1. The van der Waals surface area contributed by atoms with Gasteiger partial charge in [-0.15, -0.1) is 0 Å². The van der Waals surface area contributed by atoms with Gasteiger partial charge in [-0.05, 0) is 31.2 Å². The highest BCUT2D eigenvalue weighted by atomic mass is 19.4. The molecule has 1 N–H and O–H groups in total. The Bertz CT molecular complexity index is 598. The highest BCUT2D eigenvalue weighted by Gasteiger charge is 2.31. The van der Waals surface area contributed by atoms with Gasteiger partial charge in [0.1, 0.15) is 0 Å². The lowest BCUT2D eigenvalue weighted by atomic mass is 10.0. The molecule has 18 heavy (non-hydrogen) atoms. The van der Waals surface area contributed by atoms with Gasteiger partial charge in [-0.1, -0.05) is 6.07 Å². The first-order valence-corrected chi connectivity index (χ1v) is 5.84. The SMILES string of the molecule is CN1CCc2c([nH]c3cc(C(F)(F)F)ccc23)C1. The van der Waals surface area contributed by atoms with Crippen molar-refractivity contribution in [1.29, 1.82) is 0 Å². The van der Waals surface area contributed by atoms with E-state index in [1.165, 1.54) is 6.07 Å². The molecule has 0 fully saturated rings. The highest BCUT2D eigenvalue weighted by molar-refractivity contribution is 5.85. The van der Waals surface area contributed by atoms with Crippen molar-refractivity contribution in [3.63, 3.8) is 0 Å². The van der Waals surface area contributed by atoms with Crippen LogP contribution in [0.2, 0.25) is 0 Å². The van der Waals surface area contributed by atoms with E-state index in [1.54, 1.807) is 6.07 Å². The Morgan fingerprint density at radius 1 is 1.28 bits per heavy atom. The first kappa shape index (κ1) is 11.6. The number of H-pyrrole nitrogens is 1. The van der Waals surface area contributed by atoms with E-state index in [0.29, 0.717) is 5.52 Å². The summed E-state index contributed by atoms with van der Waals surface area (Å²) in [5.41, 5.74) is 2.20. The van der Waals surface area contributed by atoms with Crippen LogP contribution in [0.3, 0.4) is 0 Å². The Labute approximate surface area is 102 Å². The number of aromatic nitrogens is 1. The van der Waals surface area contributed by atoms with Gasteiger partial charge >= 0.3 is 6.18 Å². The van der Waals surface area contributed by atoms with Crippen molar-refractivity contribution < 1.29 is 13.2 Å². The molecule has 0 amide bonds. The zero-order valence-corrected chi connectivity index (χ0v) is 9.93. The van der Waals surface area contributed by atoms with Gasteiger partial charge in [0, 0.05) is 29.7 Å². The predicted molar refractivity (Wildman–Crippen MR) is 63.3 cm³/mol. The second kappa shape index (κ2) is 3.75. The van der Waals surface area contributed by atoms with Gasteiger partial charge in [-0.2, -0.15) is 13.2 Å². The van der Waals surface area contributed by atoms with Crippen molar-refractivity contribution in [2.24, 2.45) is 0 Å². The van der Waals surface area contributed by atoms with Crippen molar-refractivity contribution in [1.82, 2.24) is 9.88 Å². The molecule has 0 aliphatic carbocycles. The summed E-state index contributed by atoms with van der Waals surface area (Å²) in [6.45, 7) is 1.71. The minimum atomic E-state index is -4.28. The third-order valence-corrected chi connectivity index (χ3v) is 3.49. The summed E-state index contributed by atoms with van der Waals surface area (Å²) in [6.07, 6.45) is -3.40. The number of nitrogens with one attached hydrogen (secondary N) is 1. The largest absolute Gasteiger partial charge is 0.416 e. The number of hydrogen-bond acceptors (Lipinski definition) is 1. The van der Waals surface area contributed by atoms with E-state index in [2.05, 4.69) is 9.88 Å². The van der Waals surface area contributed by atoms with Crippen LogP contribution in [0.1, 0.15) is 16.8 Å². The predicted octanol–water partition coefficient (Wildman–Crippen LogP) is 3.17. The van der Waals surface area contributed by atoms with E-state index in [4.69, 9.17) is 0 Å². The third kappa shape index (κ3) is 1.79. The Morgan fingerprint density at radius 2 is 2.06 bits per heavy atom. The molecule has 2 nitrogen and oxygen atoms in total. The van der Waals surface area contributed by atoms with Crippen LogP contribution in [0.15, 0.2) is 18.2 Å². The van der Waals surface area contributed by atoms with Crippen LogP contribution in [0, 0.1) is 0 Å². The summed E-state index contributed by atoms with van der Waals surface area (Å²) in [5.74, 6) is 0. The van der Waals surface area contributed by atoms with Crippen molar-refractivity contribution in [2.75, 3.05) is 13.6 Å². The number of alkyl halides is 3. The molecule has 1 aromatic heterocycles. The molecule has 96 valence electrons. The molecule has 1 aliphatic heterocycles. The Hall–Kier alpha value is -1.49. The zero-order valence-electron chi connectivity index (χ0n) is 9.93. The molecule has 2 heterocycles. The Morgan fingerprint density at radius 3 is 2.78 bits per heavy atom. The minimum absolute atomic E-state index is 0.588. The number of likely N-dealkylation sites (N-methyl/N-ethyl adjacent to an activating group) is 1. The van der Waals surface area contributed by atoms with Gasteiger partial charge in [-0.3, -0.25) is 0 Å². The van der Waals surface area contributed by atoms with Crippen molar-refractivity contribution in [2.45, 2.75) is 19.1 Å². The molecular weight excluding hydrogens is 241 g/mol. The zero-order chi connectivity index (χ0) is 12.9. The molecule has 3 rings (SSSR count). The van der Waals surface area contributed by atoms with Crippen molar-refractivity contribution in [3.8, 4) is 0 Å². The minimum Gasteiger partial charge on any atom is -0.357 e. The summed E-state index contributed by atoms with van der Waals surface area (Å²) in [5, 5.41) is 0.922. The van der Waals surface area contributed by atoms with Crippen LogP contribution >= 0.6 is 0 Å². The van der Waals surface area contributed by atoms with Crippen LogP contribution in [0.5, 0.6) is 0 Å². The molecule has 1 aliphatic rings. The lowest BCUT2D eigenvalue weighted by molar-refractivity contribution is -0.137. The first-order valence-electron chi connectivity index (χ1n) is 5.84. The van der Waals surface area contributed by atoms with E-state index in [1.807, 2.05) is 7.05 Å². The number of fused-ring (bicyclic) bond motifs is 3. The fraction of sp³-hybridized carbons (Fsp3) is 0.385. The van der Waals surface area contributed by atoms with Crippen molar-refractivity contribution in [3.05, 3.63) is 35.0 Å². The number of rotatable bonds is 0. The van der Waals surface area contributed by atoms with Crippen LogP contribution in [0.25, 0.3) is 10.9 Å². The van der Waals surface area contributed by atoms with Crippen LogP contribution < -0.4 is 0 Å². The maximum atomic E-state index is 12.6. The number of nitrogens with zero attached hydrogens (tertiary/aromatic N) is 1. The van der Waals surface area contributed by atoms with E-state index in [-0.39, 0.29) is 0 Å². The number of hydrogen-bond donors (Lipinski definition) is 1. The third-order valence-electron chi connectivity index (χ3n) is 3.49. The molecule has 0 saturated heterocycles. The lowest BCUT2D eigenvalue weighted by Crippen LogP contribution is -2.26. The average molecular weight is 254 g/mol. The molecule has 0 unspecified atom stereocenters. The molecule has 0 saturated carbocycles. The molecule has 0 spiro atoms. The Balaban J connectivity index is 2.14. The summed E-state index contributed by atoms with van der Waals surface area (Å²) < 4.78 is 37.9. The van der Waals surface area contributed by atoms with E-state index >= 15 is 0 Å². The highest BCUT2D eigenvalue weighted by Crippen LogP contribution is 2.34. The topological polar surface area (TPSA) is 19.0 Å². The standard InChI is InChI=1S/C13H13F3N2/c1-18-5-4-10-9-3-2-8(13(14,15)16)6-11(9)17-12(10)7-18/h2-3,6,17H,4-5,7H2,1H3. The smallest absolute Gasteiger partial charge is 0.357 e. The number of benzene rings is 1. The maximum absolute atomic E-state index is 12.6.